The van der Waals surface area contributed by atoms with Crippen LogP contribution in [-0.4, -0.2) is 12.6 Å². The van der Waals surface area contributed by atoms with Crippen LogP contribution in [0.25, 0.3) is 17.0 Å². The monoisotopic (exact) mass is 424 g/mol. The van der Waals surface area contributed by atoms with Gasteiger partial charge in [-0.1, -0.05) is 66.7 Å². The van der Waals surface area contributed by atoms with Crippen molar-refractivity contribution >= 4 is 23.0 Å². The fraction of sp³-hybridized carbons (Fsp3) is 0.111. The van der Waals surface area contributed by atoms with E-state index in [2.05, 4.69) is 0 Å². The summed E-state index contributed by atoms with van der Waals surface area (Å²) >= 11 is 0. The van der Waals surface area contributed by atoms with E-state index in [0.717, 1.165) is 16.7 Å². The lowest BCUT2D eigenvalue weighted by Gasteiger charge is -2.36. The maximum atomic E-state index is 12.4. The molecule has 1 aliphatic rings. The van der Waals surface area contributed by atoms with Gasteiger partial charge in [0.05, 0.1) is 6.61 Å². The first-order valence-corrected chi connectivity index (χ1v) is 10.4. The minimum absolute atomic E-state index is 0.122. The Labute approximate surface area is 184 Å². The van der Waals surface area contributed by atoms with Crippen molar-refractivity contribution in [1.29, 1.82) is 0 Å². The number of ether oxygens (including phenoxy) is 2. The van der Waals surface area contributed by atoms with Crippen molar-refractivity contribution in [2.45, 2.75) is 12.5 Å². The molecule has 0 atom stereocenters. The molecule has 0 unspecified atom stereocenters. The average molecular weight is 424 g/mol. The van der Waals surface area contributed by atoms with Gasteiger partial charge in [-0.3, -0.25) is 0 Å². The Morgan fingerprint density at radius 1 is 0.938 bits per heavy atom. The lowest BCUT2D eigenvalue weighted by molar-refractivity contribution is 0.0522. The van der Waals surface area contributed by atoms with E-state index >= 15 is 0 Å². The van der Waals surface area contributed by atoms with Gasteiger partial charge < -0.3 is 13.9 Å². The first-order valence-electron chi connectivity index (χ1n) is 10.4. The van der Waals surface area contributed by atoms with Gasteiger partial charge in [0.2, 0.25) is 0 Å². The first kappa shape index (κ1) is 19.8. The number of hydrogen-bond acceptors (Lipinski definition) is 5. The maximum absolute atomic E-state index is 12.4. The molecular formula is C27H20O5. The molecule has 158 valence electrons. The van der Waals surface area contributed by atoms with Crippen LogP contribution in [0.5, 0.6) is 5.75 Å². The van der Waals surface area contributed by atoms with Crippen molar-refractivity contribution < 1.29 is 18.7 Å². The van der Waals surface area contributed by atoms with E-state index in [1.807, 2.05) is 78.9 Å². The van der Waals surface area contributed by atoms with Crippen molar-refractivity contribution in [2.75, 3.05) is 6.61 Å². The largest absolute Gasteiger partial charge is 0.473 e. The van der Waals surface area contributed by atoms with Gasteiger partial charge in [0.1, 0.15) is 16.9 Å². The highest BCUT2D eigenvalue weighted by Crippen LogP contribution is 2.43. The molecule has 5 nitrogen and oxygen atoms in total. The Hall–Kier alpha value is -4.12. The van der Waals surface area contributed by atoms with Crippen LogP contribution in [0.15, 0.2) is 94.2 Å². The molecule has 5 rings (SSSR count). The van der Waals surface area contributed by atoms with Crippen LogP contribution in [0, 0.1) is 0 Å². The molecule has 3 aromatic carbocycles. The second-order valence-corrected chi connectivity index (χ2v) is 7.50. The topological polar surface area (TPSA) is 65.7 Å². The van der Waals surface area contributed by atoms with E-state index < -0.39 is 17.2 Å². The Morgan fingerprint density at radius 3 is 2.22 bits per heavy atom. The molecule has 2 heterocycles. The number of rotatable bonds is 4. The predicted molar refractivity (Wildman–Crippen MR) is 122 cm³/mol. The highest BCUT2D eigenvalue weighted by atomic mass is 16.5. The van der Waals surface area contributed by atoms with E-state index in [1.54, 1.807) is 13.0 Å². The summed E-state index contributed by atoms with van der Waals surface area (Å²) in [6, 6.07) is 25.0. The fourth-order valence-electron chi connectivity index (χ4n) is 4.00. The molecule has 0 spiro atoms. The zero-order valence-corrected chi connectivity index (χ0v) is 17.4. The number of hydrogen-bond donors (Lipinski definition) is 0. The van der Waals surface area contributed by atoms with E-state index in [9.17, 15) is 9.59 Å². The van der Waals surface area contributed by atoms with Gasteiger partial charge in [-0.05, 0) is 25.1 Å². The fourth-order valence-corrected chi connectivity index (χ4v) is 4.00. The second-order valence-electron chi connectivity index (χ2n) is 7.50. The van der Waals surface area contributed by atoms with Crippen LogP contribution in [0.2, 0.25) is 0 Å². The Bertz CT molecular complexity index is 1350. The number of carbonyl (C=O) groups is 1. The number of carbonyl (C=O) groups excluding carboxylic acids is 1. The summed E-state index contributed by atoms with van der Waals surface area (Å²) < 4.78 is 17.0. The highest BCUT2D eigenvalue weighted by molar-refractivity contribution is 5.94. The summed E-state index contributed by atoms with van der Waals surface area (Å²) in [6.45, 7) is 1.86. The minimum Gasteiger partial charge on any atom is -0.473 e. The van der Waals surface area contributed by atoms with Crippen LogP contribution in [0.1, 0.15) is 34.0 Å². The third-order valence-corrected chi connectivity index (χ3v) is 5.53. The van der Waals surface area contributed by atoms with Crippen molar-refractivity contribution in [3.05, 3.63) is 118 Å². The molecule has 1 aromatic heterocycles. The Morgan fingerprint density at radius 2 is 1.59 bits per heavy atom. The molecule has 0 radical (unpaired) electrons. The molecule has 0 bridgehead atoms. The molecule has 1 aliphatic heterocycles. The third-order valence-electron chi connectivity index (χ3n) is 5.53. The van der Waals surface area contributed by atoms with E-state index in [-0.39, 0.29) is 12.2 Å². The van der Waals surface area contributed by atoms with Crippen molar-refractivity contribution in [1.82, 2.24) is 0 Å². The smallest absolute Gasteiger partial charge is 0.351 e. The van der Waals surface area contributed by atoms with Crippen LogP contribution < -0.4 is 10.4 Å². The molecule has 4 aromatic rings. The third kappa shape index (κ3) is 3.28. The van der Waals surface area contributed by atoms with Crippen molar-refractivity contribution in [3.8, 4) is 5.75 Å². The second kappa shape index (κ2) is 7.85. The summed E-state index contributed by atoms with van der Waals surface area (Å²) in [5.41, 5.74) is 1.44. The molecule has 0 amide bonds. The lowest BCUT2D eigenvalue weighted by Crippen LogP contribution is -2.34. The lowest BCUT2D eigenvalue weighted by atomic mass is 9.83. The molecular weight excluding hydrogens is 404 g/mol. The molecule has 0 saturated heterocycles. The first-order chi connectivity index (χ1) is 15.6. The molecule has 32 heavy (non-hydrogen) atoms. The van der Waals surface area contributed by atoms with Crippen LogP contribution in [0.4, 0.5) is 0 Å². The average Bonchev–Trinajstić information content (AvgIpc) is 2.83. The van der Waals surface area contributed by atoms with Gasteiger partial charge >= 0.3 is 11.6 Å². The van der Waals surface area contributed by atoms with Crippen LogP contribution >= 0.6 is 0 Å². The summed E-state index contributed by atoms with van der Waals surface area (Å²) in [5.74, 6) is -0.112. The number of esters is 1. The number of benzene rings is 3. The Kier molecular flexibility index (Phi) is 4.86. The van der Waals surface area contributed by atoms with Crippen LogP contribution in [0.3, 0.4) is 0 Å². The van der Waals surface area contributed by atoms with Crippen LogP contribution in [-0.2, 0) is 10.3 Å². The molecule has 0 N–H and O–H groups in total. The highest BCUT2D eigenvalue weighted by Gasteiger charge is 2.37. The predicted octanol–water partition coefficient (Wildman–Crippen LogP) is 5.32. The summed E-state index contributed by atoms with van der Waals surface area (Å²) in [5, 5.41) is 0.617. The SMILES string of the molecule is CCOC(=O)c1cc2cc3c(cc2oc1=O)OC(c1ccccc1)(c1ccccc1)C=C3. The number of fused-ring (bicyclic) bond motifs is 2. The van der Waals surface area contributed by atoms with Gasteiger partial charge in [0, 0.05) is 28.1 Å². The van der Waals surface area contributed by atoms with Gasteiger partial charge in [0.25, 0.3) is 0 Å². The maximum Gasteiger partial charge on any atom is 0.351 e. The Balaban J connectivity index is 1.66. The zero-order valence-electron chi connectivity index (χ0n) is 17.4. The van der Waals surface area contributed by atoms with Gasteiger partial charge in [-0.15, -0.1) is 0 Å². The molecule has 5 heteroatoms. The molecule has 0 saturated carbocycles. The zero-order chi connectivity index (χ0) is 22.1. The van der Waals surface area contributed by atoms with E-state index in [4.69, 9.17) is 13.9 Å². The normalized spacial score (nSPS) is 13.9. The van der Waals surface area contributed by atoms with E-state index in [0.29, 0.717) is 16.7 Å². The quantitative estimate of drug-likeness (QED) is 0.328. The standard InChI is InChI=1S/C27H20O5/c1-2-30-25(28)22-16-19-15-18-13-14-27(20-9-5-3-6-10-20,21-11-7-4-8-12-21)32-24(18)17-23(19)31-26(22)29/h3-17H,2H2,1H3. The molecule has 0 fully saturated rings. The van der Waals surface area contributed by atoms with Gasteiger partial charge in [0.15, 0.2) is 5.60 Å². The van der Waals surface area contributed by atoms with Crippen molar-refractivity contribution in [2.24, 2.45) is 0 Å². The summed E-state index contributed by atoms with van der Waals surface area (Å²) in [7, 11) is 0. The summed E-state index contributed by atoms with van der Waals surface area (Å²) in [4.78, 5) is 24.4. The van der Waals surface area contributed by atoms with Gasteiger partial charge in [-0.2, -0.15) is 0 Å². The molecule has 0 aliphatic carbocycles. The summed E-state index contributed by atoms with van der Waals surface area (Å²) in [6.07, 6.45) is 4.02. The minimum atomic E-state index is -0.825. The van der Waals surface area contributed by atoms with E-state index in [1.165, 1.54) is 6.07 Å². The van der Waals surface area contributed by atoms with Crippen molar-refractivity contribution in [3.63, 3.8) is 0 Å². The van der Waals surface area contributed by atoms with Gasteiger partial charge in [-0.25, -0.2) is 9.59 Å².